The fourth-order valence-electron chi connectivity index (χ4n) is 1.96. The zero-order valence-corrected chi connectivity index (χ0v) is 7.79. The molecule has 0 heterocycles. The van der Waals surface area contributed by atoms with Gasteiger partial charge in [-0.1, -0.05) is 26.2 Å². The Labute approximate surface area is 74.2 Å². The van der Waals surface area contributed by atoms with Crippen LogP contribution in [0.25, 0.3) is 0 Å². The highest BCUT2D eigenvalue weighted by atomic mass is 15.0. The van der Waals surface area contributed by atoms with Crippen molar-refractivity contribution in [2.75, 3.05) is 0 Å². The standard InChI is InChI=1S/C9H19N3/c1-2-7-4-3-5-8(6-7)12-9(10)11/h7-8H,2-6H2,1H3,(H4,10,11,12)/t7-,8-/m1/s1. The highest BCUT2D eigenvalue weighted by Gasteiger charge is 2.19. The monoisotopic (exact) mass is 169 g/mol. The van der Waals surface area contributed by atoms with Crippen LogP contribution in [0.1, 0.15) is 39.0 Å². The van der Waals surface area contributed by atoms with E-state index in [9.17, 15) is 0 Å². The molecule has 1 aliphatic carbocycles. The van der Waals surface area contributed by atoms with Crippen molar-refractivity contribution in [2.45, 2.75) is 45.1 Å². The Morgan fingerprint density at radius 1 is 1.42 bits per heavy atom. The molecule has 3 heteroatoms. The molecule has 0 aromatic heterocycles. The van der Waals surface area contributed by atoms with Crippen LogP contribution in [0, 0.1) is 5.92 Å². The van der Waals surface area contributed by atoms with Crippen LogP contribution >= 0.6 is 0 Å². The normalized spacial score (nSPS) is 29.8. The number of nitrogens with two attached hydrogens (primary N) is 2. The molecule has 2 atom stereocenters. The van der Waals surface area contributed by atoms with Crippen LogP contribution in [0.15, 0.2) is 4.99 Å². The van der Waals surface area contributed by atoms with Gasteiger partial charge in [0.05, 0.1) is 6.04 Å². The maximum Gasteiger partial charge on any atom is 0.186 e. The van der Waals surface area contributed by atoms with Gasteiger partial charge in [-0.3, -0.25) is 4.99 Å². The van der Waals surface area contributed by atoms with E-state index in [0.717, 1.165) is 12.3 Å². The maximum atomic E-state index is 5.34. The molecule has 70 valence electrons. The van der Waals surface area contributed by atoms with E-state index in [1.165, 1.54) is 25.7 Å². The minimum atomic E-state index is 0.247. The van der Waals surface area contributed by atoms with Crippen LogP contribution in [-0.2, 0) is 0 Å². The number of rotatable bonds is 2. The molecule has 1 aliphatic rings. The van der Waals surface area contributed by atoms with Gasteiger partial charge in [-0.2, -0.15) is 0 Å². The van der Waals surface area contributed by atoms with E-state index in [1.807, 2.05) is 0 Å². The lowest BCUT2D eigenvalue weighted by atomic mass is 9.84. The summed E-state index contributed by atoms with van der Waals surface area (Å²) in [6.45, 7) is 2.24. The first-order valence-electron chi connectivity index (χ1n) is 4.81. The Bertz CT molecular complexity index is 161. The highest BCUT2D eigenvalue weighted by molar-refractivity contribution is 5.75. The molecule has 12 heavy (non-hydrogen) atoms. The lowest BCUT2D eigenvalue weighted by Gasteiger charge is -2.25. The third-order valence-electron chi connectivity index (χ3n) is 2.66. The molecule has 0 amide bonds. The average Bonchev–Trinajstić information content (AvgIpc) is 2.03. The van der Waals surface area contributed by atoms with Crippen LogP contribution in [0.2, 0.25) is 0 Å². The van der Waals surface area contributed by atoms with Gasteiger partial charge in [-0.05, 0) is 18.8 Å². The molecule has 0 aromatic rings. The fraction of sp³-hybridized carbons (Fsp3) is 0.889. The predicted octanol–water partition coefficient (Wildman–Crippen LogP) is 1.23. The molecular formula is C9H19N3. The molecule has 4 N–H and O–H groups in total. The molecule has 1 rings (SSSR count). The van der Waals surface area contributed by atoms with Gasteiger partial charge in [0.25, 0.3) is 0 Å². The third-order valence-corrected chi connectivity index (χ3v) is 2.66. The molecule has 0 aliphatic heterocycles. The lowest BCUT2D eigenvalue weighted by Crippen LogP contribution is -2.27. The molecule has 0 unspecified atom stereocenters. The molecule has 0 aromatic carbocycles. The molecule has 0 saturated heterocycles. The second kappa shape index (κ2) is 4.33. The van der Waals surface area contributed by atoms with E-state index >= 15 is 0 Å². The van der Waals surface area contributed by atoms with Crippen LogP contribution in [0.5, 0.6) is 0 Å². The van der Waals surface area contributed by atoms with E-state index in [1.54, 1.807) is 0 Å². The first-order valence-corrected chi connectivity index (χ1v) is 4.81. The third kappa shape index (κ3) is 2.72. The van der Waals surface area contributed by atoms with E-state index < -0.39 is 0 Å². The highest BCUT2D eigenvalue weighted by Crippen LogP contribution is 2.28. The summed E-state index contributed by atoms with van der Waals surface area (Å²) in [5.41, 5.74) is 10.7. The summed E-state index contributed by atoms with van der Waals surface area (Å²) in [4.78, 5) is 4.21. The zero-order chi connectivity index (χ0) is 8.97. The van der Waals surface area contributed by atoms with Gasteiger partial charge in [-0.15, -0.1) is 0 Å². The Morgan fingerprint density at radius 2 is 2.17 bits per heavy atom. The Hall–Kier alpha value is -0.730. The minimum absolute atomic E-state index is 0.247. The van der Waals surface area contributed by atoms with E-state index in [4.69, 9.17) is 11.5 Å². The molecule has 3 nitrogen and oxygen atoms in total. The van der Waals surface area contributed by atoms with Crippen molar-refractivity contribution < 1.29 is 0 Å². The predicted molar refractivity (Wildman–Crippen MR) is 51.8 cm³/mol. The minimum Gasteiger partial charge on any atom is -0.370 e. The van der Waals surface area contributed by atoms with Crippen LogP contribution < -0.4 is 11.5 Å². The summed E-state index contributed by atoms with van der Waals surface area (Å²) in [6, 6.07) is 0.397. The van der Waals surface area contributed by atoms with E-state index in [-0.39, 0.29) is 5.96 Å². The number of aliphatic imine (C=N–C) groups is 1. The van der Waals surface area contributed by atoms with Gasteiger partial charge >= 0.3 is 0 Å². The van der Waals surface area contributed by atoms with Gasteiger partial charge in [0.1, 0.15) is 0 Å². The Balaban J connectivity index is 2.40. The van der Waals surface area contributed by atoms with Crippen LogP contribution in [0.3, 0.4) is 0 Å². The number of hydrogen-bond donors (Lipinski definition) is 2. The molecule has 1 saturated carbocycles. The molecular weight excluding hydrogens is 150 g/mol. The summed E-state index contributed by atoms with van der Waals surface area (Å²) in [6.07, 6.45) is 6.23. The SMILES string of the molecule is CC[C@@H]1CCC[C@@H](N=C(N)N)C1. The Kier molecular flexibility index (Phi) is 3.38. The average molecular weight is 169 g/mol. The largest absolute Gasteiger partial charge is 0.370 e. The molecule has 0 spiro atoms. The summed E-state index contributed by atoms with van der Waals surface area (Å²) in [7, 11) is 0. The van der Waals surface area contributed by atoms with Crippen molar-refractivity contribution in [1.29, 1.82) is 0 Å². The quantitative estimate of drug-likeness (QED) is 0.482. The Morgan fingerprint density at radius 3 is 2.75 bits per heavy atom. The van der Waals surface area contributed by atoms with Crippen LogP contribution in [-0.4, -0.2) is 12.0 Å². The van der Waals surface area contributed by atoms with Gasteiger partial charge in [0.15, 0.2) is 5.96 Å². The smallest absolute Gasteiger partial charge is 0.186 e. The number of nitrogens with zero attached hydrogens (tertiary/aromatic N) is 1. The number of guanidine groups is 1. The molecule has 1 fully saturated rings. The van der Waals surface area contributed by atoms with Crippen molar-refractivity contribution in [2.24, 2.45) is 22.4 Å². The van der Waals surface area contributed by atoms with E-state index in [0.29, 0.717) is 6.04 Å². The topological polar surface area (TPSA) is 64.4 Å². The van der Waals surface area contributed by atoms with Gasteiger partial charge in [0.2, 0.25) is 0 Å². The summed E-state index contributed by atoms with van der Waals surface area (Å²) < 4.78 is 0. The van der Waals surface area contributed by atoms with Gasteiger partial charge in [-0.25, -0.2) is 0 Å². The van der Waals surface area contributed by atoms with Gasteiger partial charge in [0, 0.05) is 0 Å². The van der Waals surface area contributed by atoms with E-state index in [2.05, 4.69) is 11.9 Å². The second-order valence-electron chi connectivity index (χ2n) is 3.65. The molecule has 0 radical (unpaired) electrons. The summed E-state index contributed by atoms with van der Waals surface area (Å²) in [5.74, 6) is 1.09. The molecule has 0 bridgehead atoms. The summed E-state index contributed by atoms with van der Waals surface area (Å²) >= 11 is 0. The lowest BCUT2D eigenvalue weighted by molar-refractivity contribution is 0.316. The van der Waals surface area contributed by atoms with Crippen molar-refractivity contribution in [3.05, 3.63) is 0 Å². The zero-order valence-electron chi connectivity index (χ0n) is 7.79. The van der Waals surface area contributed by atoms with Crippen LogP contribution in [0.4, 0.5) is 0 Å². The maximum absolute atomic E-state index is 5.34. The van der Waals surface area contributed by atoms with Gasteiger partial charge < -0.3 is 11.5 Å². The van der Waals surface area contributed by atoms with Crippen molar-refractivity contribution in [1.82, 2.24) is 0 Å². The second-order valence-corrected chi connectivity index (χ2v) is 3.65. The van der Waals surface area contributed by atoms with Crippen molar-refractivity contribution in [3.8, 4) is 0 Å². The fourth-order valence-corrected chi connectivity index (χ4v) is 1.96. The van der Waals surface area contributed by atoms with Crippen molar-refractivity contribution in [3.63, 3.8) is 0 Å². The van der Waals surface area contributed by atoms with Crippen molar-refractivity contribution >= 4 is 5.96 Å². The first-order chi connectivity index (χ1) is 5.72. The first kappa shape index (κ1) is 9.36. The summed E-state index contributed by atoms with van der Waals surface area (Å²) in [5, 5.41) is 0. The number of hydrogen-bond acceptors (Lipinski definition) is 1.